The predicted molar refractivity (Wildman–Crippen MR) is 150 cm³/mol. The third-order valence-electron chi connectivity index (χ3n) is 6.88. The number of rotatable bonds is 10. The third-order valence-corrected chi connectivity index (χ3v) is 8.97. The molecule has 4 nitrogen and oxygen atoms in total. The SMILES string of the molecule is CCN(CC)c1ccc(C(c2cc(C)c(N(CC)CC)c(C)c2)S(=O)(=O)c2ccc(C)cc2)cc1. The number of aryl methyl sites for hydroxylation is 3. The highest BCUT2D eigenvalue weighted by molar-refractivity contribution is 7.91. The Kier molecular flexibility index (Phi) is 8.65. The molecule has 0 fully saturated rings. The van der Waals surface area contributed by atoms with Crippen LogP contribution in [0.2, 0.25) is 0 Å². The van der Waals surface area contributed by atoms with Gasteiger partial charge in [0.15, 0.2) is 9.84 Å². The summed E-state index contributed by atoms with van der Waals surface area (Å²) in [6.07, 6.45) is 0. The minimum atomic E-state index is -3.67. The van der Waals surface area contributed by atoms with E-state index in [1.807, 2.05) is 43.3 Å². The fourth-order valence-electron chi connectivity index (χ4n) is 5.04. The van der Waals surface area contributed by atoms with Gasteiger partial charge in [0.2, 0.25) is 0 Å². The zero-order valence-electron chi connectivity index (χ0n) is 22.3. The van der Waals surface area contributed by atoms with Crippen LogP contribution in [0.25, 0.3) is 0 Å². The standard InChI is InChI=1S/C30H40N2O2S/c1-8-31(9-2)27-16-14-25(15-17-27)30(35(33,34)28-18-12-22(5)13-19-28)26-20-23(6)29(24(7)21-26)32(10-3)11-4/h12-21,30H,8-11H2,1-7H3. The van der Waals surface area contributed by atoms with Crippen molar-refractivity contribution < 1.29 is 8.42 Å². The summed E-state index contributed by atoms with van der Waals surface area (Å²) in [6, 6.07) is 19.4. The summed E-state index contributed by atoms with van der Waals surface area (Å²) >= 11 is 0. The molecule has 3 aromatic rings. The Balaban J connectivity index is 2.20. The molecule has 0 saturated carbocycles. The van der Waals surface area contributed by atoms with Crippen molar-refractivity contribution in [3.05, 3.63) is 88.5 Å². The topological polar surface area (TPSA) is 40.6 Å². The monoisotopic (exact) mass is 492 g/mol. The van der Waals surface area contributed by atoms with Crippen molar-refractivity contribution in [3.8, 4) is 0 Å². The molecule has 0 saturated heterocycles. The molecular weight excluding hydrogens is 452 g/mol. The van der Waals surface area contributed by atoms with Crippen LogP contribution in [0.15, 0.2) is 65.6 Å². The summed E-state index contributed by atoms with van der Waals surface area (Å²) in [7, 11) is -3.67. The fourth-order valence-corrected chi connectivity index (χ4v) is 6.84. The smallest absolute Gasteiger partial charge is 0.189 e. The van der Waals surface area contributed by atoms with E-state index < -0.39 is 15.1 Å². The Morgan fingerprint density at radius 2 is 1.14 bits per heavy atom. The Labute approximate surface area is 212 Å². The third kappa shape index (κ3) is 5.56. The first kappa shape index (κ1) is 26.8. The Morgan fingerprint density at radius 1 is 0.657 bits per heavy atom. The quantitative estimate of drug-likeness (QED) is 0.310. The zero-order chi connectivity index (χ0) is 25.8. The summed E-state index contributed by atoms with van der Waals surface area (Å²) in [5, 5.41) is -0.779. The van der Waals surface area contributed by atoms with Crippen LogP contribution >= 0.6 is 0 Å². The Morgan fingerprint density at radius 3 is 1.60 bits per heavy atom. The van der Waals surface area contributed by atoms with Gasteiger partial charge in [-0.25, -0.2) is 8.42 Å². The van der Waals surface area contributed by atoms with Crippen LogP contribution in [0.1, 0.15) is 60.8 Å². The summed E-state index contributed by atoms with van der Waals surface area (Å²) in [6.45, 7) is 18.3. The molecule has 0 radical (unpaired) electrons. The Hall–Kier alpha value is -2.79. The molecular formula is C30H40N2O2S. The minimum absolute atomic E-state index is 0.351. The van der Waals surface area contributed by atoms with Gasteiger partial charge in [-0.1, -0.05) is 42.0 Å². The van der Waals surface area contributed by atoms with Gasteiger partial charge in [-0.3, -0.25) is 0 Å². The second-order valence-electron chi connectivity index (χ2n) is 9.18. The van der Waals surface area contributed by atoms with E-state index in [1.54, 1.807) is 12.1 Å². The highest BCUT2D eigenvalue weighted by Gasteiger charge is 2.32. The highest BCUT2D eigenvalue weighted by atomic mass is 32.2. The van der Waals surface area contributed by atoms with Crippen LogP contribution in [-0.2, 0) is 9.84 Å². The van der Waals surface area contributed by atoms with E-state index in [0.29, 0.717) is 4.90 Å². The number of sulfone groups is 1. The van der Waals surface area contributed by atoms with Gasteiger partial charge >= 0.3 is 0 Å². The van der Waals surface area contributed by atoms with Crippen LogP contribution in [0, 0.1) is 20.8 Å². The van der Waals surface area contributed by atoms with Crippen LogP contribution in [0.3, 0.4) is 0 Å². The summed E-state index contributed by atoms with van der Waals surface area (Å²) in [5.74, 6) is 0. The largest absolute Gasteiger partial charge is 0.372 e. The van der Waals surface area contributed by atoms with Crippen LogP contribution in [-0.4, -0.2) is 34.6 Å². The summed E-state index contributed by atoms with van der Waals surface area (Å²) in [4.78, 5) is 4.95. The van der Waals surface area contributed by atoms with E-state index in [0.717, 1.165) is 59.7 Å². The number of anilines is 2. The van der Waals surface area contributed by atoms with Gasteiger partial charge in [0.05, 0.1) is 4.90 Å². The highest BCUT2D eigenvalue weighted by Crippen LogP contribution is 2.39. The number of nitrogens with zero attached hydrogens (tertiary/aromatic N) is 2. The molecule has 0 aliphatic rings. The summed E-state index contributed by atoms with van der Waals surface area (Å²) < 4.78 is 28.2. The number of hydrogen-bond acceptors (Lipinski definition) is 4. The molecule has 1 unspecified atom stereocenters. The lowest BCUT2D eigenvalue weighted by atomic mass is 9.97. The van der Waals surface area contributed by atoms with E-state index in [2.05, 4.69) is 63.5 Å². The molecule has 0 aromatic heterocycles. The maximum absolute atomic E-state index is 14.1. The van der Waals surface area contributed by atoms with E-state index >= 15 is 0 Å². The van der Waals surface area contributed by atoms with Gasteiger partial charge in [-0.15, -0.1) is 0 Å². The maximum atomic E-state index is 14.1. The lowest BCUT2D eigenvalue weighted by Crippen LogP contribution is -2.24. The first-order valence-corrected chi connectivity index (χ1v) is 14.2. The lowest BCUT2D eigenvalue weighted by molar-refractivity contribution is 0.589. The molecule has 0 N–H and O–H groups in total. The van der Waals surface area contributed by atoms with E-state index in [-0.39, 0.29) is 0 Å². The minimum Gasteiger partial charge on any atom is -0.372 e. The fraction of sp³-hybridized carbons (Fsp3) is 0.400. The molecule has 0 amide bonds. The molecule has 0 spiro atoms. The lowest BCUT2D eigenvalue weighted by Gasteiger charge is -2.28. The van der Waals surface area contributed by atoms with Crippen molar-refractivity contribution in [1.29, 1.82) is 0 Å². The predicted octanol–water partition coefficient (Wildman–Crippen LogP) is 6.87. The Bertz CT molecular complexity index is 1200. The molecule has 188 valence electrons. The summed E-state index contributed by atoms with van der Waals surface area (Å²) in [5.41, 5.74) is 7.15. The van der Waals surface area contributed by atoms with Gasteiger partial charge in [-0.2, -0.15) is 0 Å². The van der Waals surface area contributed by atoms with Gasteiger partial charge < -0.3 is 9.80 Å². The van der Waals surface area contributed by atoms with Gasteiger partial charge in [0.1, 0.15) is 5.25 Å². The van der Waals surface area contributed by atoms with Crippen molar-refractivity contribution in [2.75, 3.05) is 36.0 Å². The van der Waals surface area contributed by atoms with Crippen molar-refractivity contribution >= 4 is 21.2 Å². The number of hydrogen-bond donors (Lipinski definition) is 0. The molecule has 0 bridgehead atoms. The maximum Gasteiger partial charge on any atom is 0.189 e. The van der Waals surface area contributed by atoms with E-state index in [1.165, 1.54) is 5.69 Å². The molecule has 0 heterocycles. The second-order valence-corrected chi connectivity index (χ2v) is 11.2. The molecule has 3 aromatic carbocycles. The zero-order valence-corrected chi connectivity index (χ0v) is 23.1. The molecule has 35 heavy (non-hydrogen) atoms. The average Bonchev–Trinajstić information content (AvgIpc) is 2.83. The molecule has 0 aliphatic carbocycles. The van der Waals surface area contributed by atoms with Crippen molar-refractivity contribution in [1.82, 2.24) is 0 Å². The van der Waals surface area contributed by atoms with Crippen LogP contribution in [0.4, 0.5) is 11.4 Å². The van der Waals surface area contributed by atoms with Crippen LogP contribution < -0.4 is 9.80 Å². The van der Waals surface area contributed by atoms with Crippen molar-refractivity contribution in [3.63, 3.8) is 0 Å². The van der Waals surface area contributed by atoms with Crippen LogP contribution in [0.5, 0.6) is 0 Å². The van der Waals surface area contributed by atoms with Crippen molar-refractivity contribution in [2.24, 2.45) is 0 Å². The van der Waals surface area contributed by atoms with Gasteiger partial charge in [0, 0.05) is 37.6 Å². The normalized spacial score (nSPS) is 12.4. The molecule has 3 rings (SSSR count). The van der Waals surface area contributed by atoms with E-state index in [4.69, 9.17) is 0 Å². The number of benzene rings is 3. The molecule has 1 atom stereocenters. The first-order valence-electron chi connectivity index (χ1n) is 12.7. The second kappa shape index (κ2) is 11.3. The molecule has 5 heteroatoms. The van der Waals surface area contributed by atoms with E-state index in [9.17, 15) is 8.42 Å². The van der Waals surface area contributed by atoms with Crippen molar-refractivity contribution in [2.45, 2.75) is 58.6 Å². The van der Waals surface area contributed by atoms with Gasteiger partial charge in [0.25, 0.3) is 0 Å². The van der Waals surface area contributed by atoms with Gasteiger partial charge in [-0.05, 0) is 95.0 Å². The first-order chi connectivity index (χ1) is 16.7. The average molecular weight is 493 g/mol. The molecule has 0 aliphatic heterocycles.